The maximum Gasteiger partial charge on any atom is 0.416 e. The highest BCUT2D eigenvalue weighted by atomic mass is 35.5. The number of nitrogens with zero attached hydrogens (tertiary/aromatic N) is 3. The van der Waals surface area contributed by atoms with Gasteiger partial charge in [-0.2, -0.15) is 13.2 Å². The lowest BCUT2D eigenvalue weighted by Gasteiger charge is -2.39. The molecular formula is C38H49ClF3N3O4Si2. The number of fused-ring (bicyclic) bond motifs is 1. The summed E-state index contributed by atoms with van der Waals surface area (Å²) in [5, 5.41) is 9.31. The van der Waals surface area contributed by atoms with Crippen LogP contribution in [-0.2, 0) is 19.1 Å². The SMILES string of the molecule is CCc1cc(-c2nnn(Cc3cc(C(F)(F)F)ccc3Cl)c2-c2ccc3c(c2)OCCO3)c(O[Si](C)(C)C(C)(C)C)cc1O[Si](C)(C)C(C)(C)C. The molecule has 4 aromatic rings. The van der Waals surface area contributed by atoms with E-state index in [-0.39, 0.29) is 27.2 Å². The van der Waals surface area contributed by atoms with Crippen molar-refractivity contribution in [3.05, 3.63) is 70.2 Å². The Morgan fingerprint density at radius 1 is 0.784 bits per heavy atom. The number of hydrogen-bond acceptors (Lipinski definition) is 6. The van der Waals surface area contributed by atoms with Crippen LogP contribution in [0, 0.1) is 0 Å². The Hall–Kier alpha value is -3.49. The lowest BCUT2D eigenvalue weighted by Crippen LogP contribution is -2.44. The normalized spacial score (nSPS) is 14.1. The lowest BCUT2D eigenvalue weighted by molar-refractivity contribution is -0.137. The predicted molar refractivity (Wildman–Crippen MR) is 202 cm³/mol. The Kier molecular flexibility index (Phi) is 10.5. The van der Waals surface area contributed by atoms with Gasteiger partial charge in [0, 0.05) is 22.2 Å². The van der Waals surface area contributed by atoms with E-state index in [0.29, 0.717) is 59.4 Å². The van der Waals surface area contributed by atoms with Gasteiger partial charge in [-0.15, -0.1) is 5.10 Å². The average molecular weight is 760 g/mol. The van der Waals surface area contributed by atoms with Crippen molar-refractivity contribution < 1.29 is 31.5 Å². The highest BCUT2D eigenvalue weighted by Gasteiger charge is 2.42. The third-order valence-corrected chi connectivity index (χ3v) is 19.4. The molecular weight excluding hydrogens is 711 g/mol. The van der Waals surface area contributed by atoms with Crippen molar-refractivity contribution >= 4 is 28.2 Å². The molecule has 5 rings (SSSR count). The summed E-state index contributed by atoms with van der Waals surface area (Å²) < 4.78 is 68.7. The highest BCUT2D eigenvalue weighted by molar-refractivity contribution is 6.75. The van der Waals surface area contributed by atoms with Crippen molar-refractivity contribution in [2.45, 2.75) is 104 Å². The van der Waals surface area contributed by atoms with Crippen LogP contribution in [-0.4, -0.2) is 44.8 Å². The third kappa shape index (κ3) is 8.12. The van der Waals surface area contributed by atoms with Crippen molar-refractivity contribution in [1.82, 2.24) is 15.0 Å². The van der Waals surface area contributed by atoms with Crippen LogP contribution in [0.2, 0.25) is 41.3 Å². The molecule has 0 N–H and O–H groups in total. The number of aryl methyl sites for hydroxylation is 1. The van der Waals surface area contributed by atoms with Crippen molar-refractivity contribution in [3.8, 4) is 45.5 Å². The molecule has 276 valence electrons. The Morgan fingerprint density at radius 3 is 1.98 bits per heavy atom. The number of hydrogen-bond donors (Lipinski definition) is 0. The first-order valence-corrected chi connectivity index (χ1v) is 23.5. The van der Waals surface area contributed by atoms with E-state index < -0.39 is 28.4 Å². The zero-order valence-electron chi connectivity index (χ0n) is 31.4. The van der Waals surface area contributed by atoms with E-state index in [9.17, 15) is 13.2 Å². The van der Waals surface area contributed by atoms with E-state index in [1.165, 1.54) is 6.07 Å². The van der Waals surface area contributed by atoms with E-state index in [1.54, 1.807) is 4.68 Å². The first-order valence-electron chi connectivity index (χ1n) is 17.3. The topological polar surface area (TPSA) is 67.6 Å². The number of benzene rings is 3. The van der Waals surface area contributed by atoms with Crippen molar-refractivity contribution in [1.29, 1.82) is 0 Å². The fourth-order valence-electron chi connectivity index (χ4n) is 5.22. The summed E-state index contributed by atoms with van der Waals surface area (Å²) in [5.41, 5.74) is 2.94. The van der Waals surface area contributed by atoms with Gasteiger partial charge in [-0.3, -0.25) is 0 Å². The predicted octanol–water partition coefficient (Wildman–Crippen LogP) is 11.4. The van der Waals surface area contributed by atoms with Gasteiger partial charge in [-0.25, -0.2) is 4.68 Å². The molecule has 0 fully saturated rings. The number of aromatic nitrogens is 3. The summed E-state index contributed by atoms with van der Waals surface area (Å²) in [6.45, 7) is 24.8. The molecule has 0 amide bonds. The second kappa shape index (κ2) is 13.8. The average Bonchev–Trinajstić information content (AvgIpc) is 3.43. The minimum Gasteiger partial charge on any atom is -0.543 e. The van der Waals surface area contributed by atoms with Gasteiger partial charge in [0.15, 0.2) is 11.5 Å². The van der Waals surface area contributed by atoms with E-state index in [1.807, 2.05) is 24.3 Å². The Morgan fingerprint density at radius 2 is 1.39 bits per heavy atom. The van der Waals surface area contributed by atoms with E-state index in [0.717, 1.165) is 23.4 Å². The van der Waals surface area contributed by atoms with Gasteiger partial charge in [0.05, 0.1) is 17.8 Å². The maximum atomic E-state index is 13.8. The summed E-state index contributed by atoms with van der Waals surface area (Å²) in [6, 6.07) is 12.9. The summed E-state index contributed by atoms with van der Waals surface area (Å²) >= 11 is 6.50. The molecule has 0 saturated heterocycles. The summed E-state index contributed by atoms with van der Waals surface area (Å²) in [6.07, 6.45) is -3.85. The van der Waals surface area contributed by atoms with Gasteiger partial charge in [0.2, 0.25) is 8.32 Å². The fraction of sp³-hybridized carbons (Fsp3) is 0.474. The molecule has 7 nitrogen and oxygen atoms in total. The number of rotatable bonds is 9. The van der Waals surface area contributed by atoms with E-state index >= 15 is 0 Å². The largest absolute Gasteiger partial charge is 0.543 e. The quantitative estimate of drug-likeness (QED) is 0.158. The number of ether oxygens (including phenoxy) is 2. The van der Waals surface area contributed by atoms with Gasteiger partial charge in [-0.05, 0) is 96.3 Å². The summed E-state index contributed by atoms with van der Waals surface area (Å²) in [7, 11) is -4.66. The second-order valence-corrected chi connectivity index (χ2v) is 26.0. The molecule has 51 heavy (non-hydrogen) atoms. The highest BCUT2D eigenvalue weighted by Crippen LogP contribution is 2.47. The van der Waals surface area contributed by atoms with E-state index in [2.05, 4.69) is 85.9 Å². The molecule has 2 heterocycles. The van der Waals surface area contributed by atoms with Gasteiger partial charge < -0.3 is 18.3 Å². The third-order valence-electron chi connectivity index (χ3n) is 10.4. The fourth-order valence-corrected chi connectivity index (χ4v) is 7.47. The first-order chi connectivity index (χ1) is 23.5. The van der Waals surface area contributed by atoms with Crippen molar-refractivity contribution in [3.63, 3.8) is 0 Å². The Balaban J connectivity index is 1.77. The second-order valence-electron chi connectivity index (χ2n) is 16.1. The molecule has 0 radical (unpaired) electrons. The zero-order chi connectivity index (χ0) is 37.7. The molecule has 0 bridgehead atoms. The van der Waals surface area contributed by atoms with E-state index in [4.69, 9.17) is 35.0 Å². The number of alkyl halides is 3. The molecule has 3 aromatic carbocycles. The summed E-state index contributed by atoms with van der Waals surface area (Å²) in [5.74, 6) is 2.56. The Labute approximate surface area is 306 Å². The van der Waals surface area contributed by atoms with Crippen molar-refractivity contribution in [2.75, 3.05) is 13.2 Å². The molecule has 1 aliphatic heterocycles. The minimum absolute atomic E-state index is 0.0318. The molecule has 13 heteroatoms. The Bertz CT molecular complexity index is 1910. The van der Waals surface area contributed by atoms with Crippen LogP contribution in [0.3, 0.4) is 0 Å². The molecule has 0 saturated carbocycles. The van der Waals surface area contributed by atoms with Gasteiger partial charge in [0.25, 0.3) is 8.32 Å². The molecule has 0 aliphatic carbocycles. The molecule has 0 atom stereocenters. The van der Waals surface area contributed by atoms with Crippen LogP contribution >= 0.6 is 11.6 Å². The van der Waals surface area contributed by atoms with Gasteiger partial charge in [0.1, 0.15) is 30.4 Å². The number of halogens is 4. The smallest absolute Gasteiger partial charge is 0.416 e. The monoisotopic (exact) mass is 759 g/mol. The van der Waals surface area contributed by atoms with Gasteiger partial charge in [-0.1, -0.05) is 65.3 Å². The molecule has 0 unspecified atom stereocenters. The van der Waals surface area contributed by atoms with Crippen LogP contribution in [0.5, 0.6) is 23.0 Å². The minimum atomic E-state index is -4.54. The molecule has 0 spiro atoms. The van der Waals surface area contributed by atoms with Gasteiger partial charge >= 0.3 is 6.18 Å². The zero-order valence-corrected chi connectivity index (χ0v) is 34.2. The first kappa shape index (κ1) is 38.7. The van der Waals surface area contributed by atoms with Crippen LogP contribution in [0.15, 0.2) is 48.5 Å². The standard InChI is InChI=1S/C38H49ClF3N3O4Si2/c1-12-24-20-28(32(49-51(10,11)37(5,6)7)22-31(24)48-50(8,9)36(2,3)4)34-35(25-13-16-30-33(21-25)47-18-17-46-30)45(44-43-34)23-26-19-27(38(40,41)42)14-15-29(26)39/h13-16,19-22H,12,17-18,23H2,1-11H3. The maximum absolute atomic E-state index is 13.8. The lowest BCUT2D eigenvalue weighted by atomic mass is 9.99. The van der Waals surface area contributed by atoms with Crippen molar-refractivity contribution in [2.24, 2.45) is 0 Å². The molecule has 1 aromatic heterocycles. The van der Waals surface area contributed by atoms with Crippen LogP contribution in [0.4, 0.5) is 13.2 Å². The molecule has 1 aliphatic rings. The van der Waals surface area contributed by atoms with Crippen LogP contribution in [0.1, 0.15) is 65.2 Å². The van der Waals surface area contributed by atoms with Crippen LogP contribution < -0.4 is 18.3 Å². The van der Waals surface area contributed by atoms with Crippen LogP contribution in [0.25, 0.3) is 22.5 Å². The summed E-state index contributed by atoms with van der Waals surface area (Å²) in [4.78, 5) is 0.